The van der Waals surface area contributed by atoms with Crippen LogP contribution >= 0.6 is 7.92 Å². The minimum absolute atomic E-state index is 0.115. The van der Waals surface area contributed by atoms with Crippen LogP contribution in [-0.4, -0.2) is 12.3 Å². The quantitative estimate of drug-likeness (QED) is 0.572. The van der Waals surface area contributed by atoms with E-state index in [9.17, 15) is 0 Å². The second-order valence-corrected chi connectivity index (χ2v) is 7.20. The molecule has 0 fully saturated rings. The fraction of sp³-hybridized carbons (Fsp3) is 0.625. The molecule has 17 heavy (non-hydrogen) atoms. The van der Waals surface area contributed by atoms with Gasteiger partial charge in [0.05, 0.1) is 0 Å². The summed E-state index contributed by atoms with van der Waals surface area (Å²) in [6.45, 7) is 6.83. The number of rotatable bonds is 8. The van der Waals surface area contributed by atoms with Gasteiger partial charge >= 0.3 is 0 Å². The number of benzene rings is 1. The van der Waals surface area contributed by atoms with Crippen molar-refractivity contribution in [3.05, 3.63) is 29.8 Å². The predicted molar refractivity (Wildman–Crippen MR) is 81.9 cm³/mol. The van der Waals surface area contributed by atoms with Crippen LogP contribution in [0.2, 0.25) is 0 Å². The van der Waals surface area contributed by atoms with Crippen LogP contribution in [0.4, 0.5) is 0 Å². The van der Waals surface area contributed by atoms with E-state index >= 15 is 0 Å². The summed E-state index contributed by atoms with van der Waals surface area (Å²) in [7, 11) is 0.115. The molecule has 0 radical (unpaired) electrons. The van der Waals surface area contributed by atoms with E-state index < -0.39 is 0 Å². The first-order valence-corrected chi connectivity index (χ1v) is 8.86. The second kappa shape index (κ2) is 8.70. The second-order valence-electron chi connectivity index (χ2n) is 4.71. The van der Waals surface area contributed by atoms with Crippen molar-refractivity contribution < 1.29 is 0 Å². The highest BCUT2D eigenvalue weighted by Crippen LogP contribution is 2.36. The standard InChI is InChI=1S/C16H27P/c1-4-7-13-17(14-8-5-2)16-11-9-15(6-3)10-12-16/h9-12H,4-8,13-14H2,1-3H3. The maximum Gasteiger partial charge on any atom is -0.0240 e. The van der Waals surface area contributed by atoms with Crippen molar-refractivity contribution in [1.82, 2.24) is 0 Å². The van der Waals surface area contributed by atoms with E-state index in [1.165, 1.54) is 43.6 Å². The van der Waals surface area contributed by atoms with Crippen LogP contribution in [0.5, 0.6) is 0 Å². The van der Waals surface area contributed by atoms with Crippen molar-refractivity contribution in [1.29, 1.82) is 0 Å². The summed E-state index contributed by atoms with van der Waals surface area (Å²) < 4.78 is 0. The van der Waals surface area contributed by atoms with Gasteiger partial charge in [0, 0.05) is 0 Å². The van der Waals surface area contributed by atoms with E-state index in [1.54, 1.807) is 5.30 Å². The molecule has 1 rings (SSSR count). The molecule has 0 N–H and O–H groups in total. The molecule has 1 aromatic carbocycles. The molecule has 0 atom stereocenters. The Morgan fingerprint density at radius 3 is 1.76 bits per heavy atom. The molecule has 0 saturated carbocycles. The van der Waals surface area contributed by atoms with Gasteiger partial charge in [0.2, 0.25) is 0 Å². The summed E-state index contributed by atoms with van der Waals surface area (Å²) in [6.07, 6.45) is 9.46. The van der Waals surface area contributed by atoms with Crippen LogP contribution in [0.3, 0.4) is 0 Å². The molecule has 0 saturated heterocycles. The van der Waals surface area contributed by atoms with E-state index in [1.807, 2.05) is 0 Å². The SMILES string of the molecule is CCCCP(CCCC)c1ccc(CC)cc1. The van der Waals surface area contributed by atoms with E-state index in [-0.39, 0.29) is 7.92 Å². The highest BCUT2D eigenvalue weighted by molar-refractivity contribution is 7.65. The Kier molecular flexibility index (Phi) is 7.53. The van der Waals surface area contributed by atoms with Crippen LogP contribution in [0.25, 0.3) is 0 Å². The summed E-state index contributed by atoms with van der Waals surface area (Å²) in [4.78, 5) is 0. The van der Waals surface area contributed by atoms with Gasteiger partial charge in [-0.05, 0) is 42.5 Å². The van der Waals surface area contributed by atoms with Crippen LogP contribution in [0.15, 0.2) is 24.3 Å². The van der Waals surface area contributed by atoms with Crippen LogP contribution in [0, 0.1) is 0 Å². The average Bonchev–Trinajstić information content (AvgIpc) is 2.39. The largest absolute Gasteiger partial charge is 0.0753 e. The van der Waals surface area contributed by atoms with E-state index in [0.29, 0.717) is 0 Å². The van der Waals surface area contributed by atoms with Gasteiger partial charge in [0.1, 0.15) is 0 Å². The predicted octanol–water partition coefficient (Wildman–Crippen LogP) is 4.96. The van der Waals surface area contributed by atoms with Crippen molar-refractivity contribution in [2.45, 2.75) is 52.9 Å². The summed E-state index contributed by atoms with van der Waals surface area (Å²) >= 11 is 0. The molecule has 0 amide bonds. The highest BCUT2D eigenvalue weighted by Gasteiger charge is 2.09. The Morgan fingerprint density at radius 2 is 1.35 bits per heavy atom. The lowest BCUT2D eigenvalue weighted by Gasteiger charge is -2.18. The van der Waals surface area contributed by atoms with Gasteiger partial charge in [-0.2, -0.15) is 0 Å². The van der Waals surface area contributed by atoms with Gasteiger partial charge in [-0.3, -0.25) is 0 Å². The number of hydrogen-bond donors (Lipinski definition) is 0. The Morgan fingerprint density at radius 1 is 0.824 bits per heavy atom. The molecule has 0 spiro atoms. The first-order valence-electron chi connectivity index (χ1n) is 7.15. The van der Waals surface area contributed by atoms with Crippen LogP contribution in [-0.2, 0) is 6.42 Å². The molecular formula is C16H27P. The monoisotopic (exact) mass is 250 g/mol. The number of unbranched alkanes of at least 4 members (excludes halogenated alkanes) is 2. The normalized spacial score (nSPS) is 11.1. The smallest absolute Gasteiger partial charge is 0.0240 e. The first kappa shape index (κ1) is 14.7. The first-order chi connectivity index (χ1) is 8.31. The maximum atomic E-state index is 2.38. The van der Waals surface area contributed by atoms with Gasteiger partial charge in [-0.1, -0.05) is 65.8 Å². The van der Waals surface area contributed by atoms with Crippen molar-refractivity contribution >= 4 is 13.2 Å². The zero-order valence-electron chi connectivity index (χ0n) is 11.7. The molecule has 0 aliphatic rings. The molecule has 0 unspecified atom stereocenters. The van der Waals surface area contributed by atoms with Crippen molar-refractivity contribution in [3.8, 4) is 0 Å². The lowest BCUT2D eigenvalue weighted by atomic mass is 10.2. The average molecular weight is 250 g/mol. The van der Waals surface area contributed by atoms with Gasteiger partial charge in [-0.25, -0.2) is 0 Å². The van der Waals surface area contributed by atoms with E-state index in [2.05, 4.69) is 45.0 Å². The lowest BCUT2D eigenvalue weighted by molar-refractivity contribution is 0.870. The third-order valence-electron chi connectivity index (χ3n) is 3.27. The molecule has 0 heterocycles. The Balaban J connectivity index is 2.65. The molecule has 0 bridgehead atoms. The Hall–Kier alpha value is -0.350. The van der Waals surface area contributed by atoms with Crippen LogP contribution in [0.1, 0.15) is 52.0 Å². The number of aryl methyl sites for hydroxylation is 1. The molecular weight excluding hydrogens is 223 g/mol. The summed E-state index contributed by atoms with van der Waals surface area (Å²) in [6, 6.07) is 9.41. The van der Waals surface area contributed by atoms with Crippen molar-refractivity contribution in [3.63, 3.8) is 0 Å². The topological polar surface area (TPSA) is 0 Å². The van der Waals surface area contributed by atoms with Crippen molar-refractivity contribution in [2.75, 3.05) is 12.3 Å². The molecule has 96 valence electrons. The zero-order valence-corrected chi connectivity index (χ0v) is 12.6. The zero-order chi connectivity index (χ0) is 12.5. The molecule has 0 aliphatic heterocycles. The van der Waals surface area contributed by atoms with E-state index in [0.717, 1.165) is 6.42 Å². The molecule has 0 aromatic heterocycles. The summed E-state index contributed by atoms with van der Waals surface area (Å²) in [5.41, 5.74) is 1.47. The van der Waals surface area contributed by atoms with Gasteiger partial charge in [0.25, 0.3) is 0 Å². The molecule has 1 aromatic rings. The van der Waals surface area contributed by atoms with E-state index in [4.69, 9.17) is 0 Å². The van der Waals surface area contributed by atoms with Crippen LogP contribution < -0.4 is 5.30 Å². The minimum atomic E-state index is 0.115. The molecule has 1 heteroatoms. The maximum absolute atomic E-state index is 2.38. The van der Waals surface area contributed by atoms with Crippen molar-refractivity contribution in [2.24, 2.45) is 0 Å². The molecule has 0 nitrogen and oxygen atoms in total. The highest BCUT2D eigenvalue weighted by atomic mass is 31.1. The summed E-state index contributed by atoms with van der Waals surface area (Å²) in [5.74, 6) is 0. The van der Waals surface area contributed by atoms with Gasteiger partial charge < -0.3 is 0 Å². The fourth-order valence-corrected chi connectivity index (χ4v) is 4.72. The van der Waals surface area contributed by atoms with Gasteiger partial charge in [0.15, 0.2) is 0 Å². The third kappa shape index (κ3) is 5.21. The summed E-state index contributed by atoms with van der Waals surface area (Å²) in [5, 5.41) is 1.62. The molecule has 0 aliphatic carbocycles. The lowest BCUT2D eigenvalue weighted by Crippen LogP contribution is -2.06. The fourth-order valence-electron chi connectivity index (χ4n) is 2.01. The Bertz CT molecular complexity index is 281. The minimum Gasteiger partial charge on any atom is -0.0753 e. The third-order valence-corrected chi connectivity index (χ3v) is 6.01. The van der Waals surface area contributed by atoms with Gasteiger partial charge in [-0.15, -0.1) is 0 Å². The number of hydrogen-bond acceptors (Lipinski definition) is 0. The Labute approximate surface area is 109 Å².